The molecule has 20 heavy (non-hydrogen) atoms. The van der Waals surface area contributed by atoms with Crippen LogP contribution in [0, 0.1) is 13.8 Å². The molecule has 3 unspecified atom stereocenters. The van der Waals surface area contributed by atoms with Gasteiger partial charge in [0, 0.05) is 18.6 Å². The van der Waals surface area contributed by atoms with E-state index < -0.39 is 0 Å². The van der Waals surface area contributed by atoms with Crippen LogP contribution in [0.15, 0.2) is 18.2 Å². The lowest BCUT2D eigenvalue weighted by atomic mass is 9.96. The average molecular weight is 274 g/mol. The van der Waals surface area contributed by atoms with E-state index in [9.17, 15) is 0 Å². The summed E-state index contributed by atoms with van der Waals surface area (Å²) in [5, 5.41) is 0. The number of aryl methyl sites for hydroxylation is 2. The van der Waals surface area contributed by atoms with Crippen LogP contribution < -0.4 is 5.73 Å². The minimum atomic E-state index is 0.0945. The van der Waals surface area contributed by atoms with Crippen LogP contribution in [-0.2, 0) is 11.2 Å². The van der Waals surface area contributed by atoms with Crippen LogP contribution in [0.3, 0.4) is 0 Å². The van der Waals surface area contributed by atoms with Gasteiger partial charge in [-0.2, -0.15) is 0 Å². The van der Waals surface area contributed by atoms with Gasteiger partial charge in [-0.15, -0.1) is 0 Å². The zero-order valence-corrected chi connectivity index (χ0v) is 12.6. The molecular formula is C17H26N2O. The van der Waals surface area contributed by atoms with Gasteiger partial charge in [0.15, 0.2) is 0 Å². The Kier molecular flexibility index (Phi) is 4.11. The number of rotatable bonds is 3. The van der Waals surface area contributed by atoms with Crippen molar-refractivity contribution in [2.24, 2.45) is 5.73 Å². The Morgan fingerprint density at radius 2 is 2.25 bits per heavy atom. The zero-order valence-electron chi connectivity index (χ0n) is 12.6. The van der Waals surface area contributed by atoms with Crippen LogP contribution in [0.1, 0.15) is 29.5 Å². The average Bonchev–Trinajstić information content (AvgIpc) is 2.90. The topological polar surface area (TPSA) is 38.5 Å². The molecule has 2 N–H and O–H groups in total. The number of nitrogens with two attached hydrogens (primary N) is 1. The molecule has 0 aliphatic carbocycles. The van der Waals surface area contributed by atoms with Crippen LogP contribution in [0.4, 0.5) is 0 Å². The second-order valence-electron chi connectivity index (χ2n) is 6.46. The Hall–Kier alpha value is -0.900. The number of hydrogen-bond donors (Lipinski definition) is 1. The number of morpholine rings is 1. The first-order valence-electron chi connectivity index (χ1n) is 7.81. The highest BCUT2D eigenvalue weighted by atomic mass is 16.5. The van der Waals surface area contributed by atoms with Crippen molar-refractivity contribution >= 4 is 0 Å². The minimum absolute atomic E-state index is 0.0945. The first kappa shape index (κ1) is 14.1. The van der Waals surface area contributed by atoms with E-state index in [0.29, 0.717) is 6.04 Å². The predicted molar refractivity (Wildman–Crippen MR) is 81.9 cm³/mol. The lowest BCUT2D eigenvalue weighted by molar-refractivity contribution is -0.0589. The maximum Gasteiger partial charge on any atom is 0.0856 e. The van der Waals surface area contributed by atoms with Crippen LogP contribution in [0.25, 0.3) is 0 Å². The maximum absolute atomic E-state index is 6.43. The van der Waals surface area contributed by atoms with E-state index in [-0.39, 0.29) is 12.1 Å². The third-order valence-corrected chi connectivity index (χ3v) is 4.85. The van der Waals surface area contributed by atoms with Crippen LogP contribution in [-0.4, -0.2) is 42.8 Å². The molecule has 110 valence electrons. The van der Waals surface area contributed by atoms with Crippen molar-refractivity contribution < 1.29 is 4.74 Å². The number of benzene rings is 1. The molecule has 3 heteroatoms. The van der Waals surface area contributed by atoms with Crippen LogP contribution in [0.5, 0.6) is 0 Å². The quantitative estimate of drug-likeness (QED) is 0.916. The molecule has 0 aromatic heterocycles. The van der Waals surface area contributed by atoms with Crippen molar-refractivity contribution in [3.05, 3.63) is 34.9 Å². The molecule has 3 atom stereocenters. The van der Waals surface area contributed by atoms with Crippen LogP contribution >= 0.6 is 0 Å². The van der Waals surface area contributed by atoms with E-state index in [1.165, 1.54) is 36.1 Å². The Balaban J connectivity index is 1.64. The first-order valence-corrected chi connectivity index (χ1v) is 7.81. The smallest absolute Gasteiger partial charge is 0.0856 e. The molecule has 0 saturated carbocycles. The Morgan fingerprint density at radius 3 is 3.10 bits per heavy atom. The van der Waals surface area contributed by atoms with Gasteiger partial charge >= 0.3 is 0 Å². The summed E-state index contributed by atoms with van der Waals surface area (Å²) in [6.45, 7) is 7.41. The summed E-state index contributed by atoms with van der Waals surface area (Å²) in [6, 6.07) is 7.36. The molecule has 3 rings (SSSR count). The van der Waals surface area contributed by atoms with Gasteiger partial charge in [-0.1, -0.05) is 23.8 Å². The summed E-state index contributed by atoms with van der Waals surface area (Å²) < 4.78 is 6.03. The molecule has 2 aliphatic rings. The van der Waals surface area contributed by atoms with E-state index in [1.54, 1.807) is 0 Å². The molecule has 2 saturated heterocycles. The number of hydrogen-bond acceptors (Lipinski definition) is 3. The van der Waals surface area contributed by atoms with Gasteiger partial charge in [0.1, 0.15) is 0 Å². The van der Waals surface area contributed by atoms with Crippen molar-refractivity contribution in [3.8, 4) is 0 Å². The number of nitrogens with zero attached hydrogens (tertiary/aromatic N) is 1. The van der Waals surface area contributed by atoms with Gasteiger partial charge < -0.3 is 10.5 Å². The fourth-order valence-electron chi connectivity index (χ4n) is 3.51. The lowest BCUT2D eigenvalue weighted by Crippen LogP contribution is -2.53. The Bertz CT molecular complexity index is 474. The van der Waals surface area contributed by atoms with Gasteiger partial charge in [0.25, 0.3) is 0 Å². The molecule has 0 radical (unpaired) electrons. The summed E-state index contributed by atoms with van der Waals surface area (Å²) in [5.41, 5.74) is 10.4. The summed E-state index contributed by atoms with van der Waals surface area (Å²) in [6.07, 6.45) is 3.70. The number of ether oxygens (including phenoxy) is 1. The SMILES string of the molecule is Cc1ccc(C)c(CC(N)C2CN3CCCC3CO2)c1. The van der Waals surface area contributed by atoms with Gasteiger partial charge in [-0.3, -0.25) is 4.90 Å². The van der Waals surface area contributed by atoms with Crippen molar-refractivity contribution in [1.82, 2.24) is 4.90 Å². The summed E-state index contributed by atoms with van der Waals surface area (Å²) >= 11 is 0. The van der Waals surface area contributed by atoms with Gasteiger partial charge in [-0.25, -0.2) is 0 Å². The normalized spacial score (nSPS) is 28.4. The molecule has 0 bridgehead atoms. The monoisotopic (exact) mass is 274 g/mol. The van der Waals surface area contributed by atoms with E-state index in [1.807, 2.05) is 0 Å². The second-order valence-corrected chi connectivity index (χ2v) is 6.46. The molecule has 3 nitrogen and oxygen atoms in total. The first-order chi connectivity index (χ1) is 9.63. The van der Waals surface area contributed by atoms with Gasteiger partial charge in [0.2, 0.25) is 0 Å². The second kappa shape index (κ2) is 5.84. The Labute approximate surface area is 122 Å². The van der Waals surface area contributed by atoms with Gasteiger partial charge in [0.05, 0.1) is 12.7 Å². The molecule has 2 heterocycles. The molecule has 2 aliphatic heterocycles. The highest BCUT2D eigenvalue weighted by Gasteiger charge is 2.34. The fourth-order valence-corrected chi connectivity index (χ4v) is 3.51. The van der Waals surface area contributed by atoms with Gasteiger partial charge in [-0.05, 0) is 50.8 Å². The zero-order chi connectivity index (χ0) is 14.1. The highest BCUT2D eigenvalue weighted by Crippen LogP contribution is 2.24. The fraction of sp³-hybridized carbons (Fsp3) is 0.647. The largest absolute Gasteiger partial charge is 0.374 e. The molecule has 2 fully saturated rings. The molecular weight excluding hydrogens is 248 g/mol. The lowest BCUT2D eigenvalue weighted by Gasteiger charge is -2.37. The van der Waals surface area contributed by atoms with E-state index in [0.717, 1.165) is 19.6 Å². The number of fused-ring (bicyclic) bond motifs is 1. The standard InChI is InChI=1S/C17H26N2O/c1-12-5-6-13(2)14(8-12)9-16(18)17-10-19-7-3-4-15(19)11-20-17/h5-6,8,15-17H,3-4,7,9-11,18H2,1-2H3. The van der Waals surface area contributed by atoms with Crippen molar-refractivity contribution in [3.63, 3.8) is 0 Å². The Morgan fingerprint density at radius 1 is 1.40 bits per heavy atom. The van der Waals surface area contributed by atoms with Crippen LogP contribution in [0.2, 0.25) is 0 Å². The maximum atomic E-state index is 6.43. The molecule has 1 aromatic rings. The third-order valence-electron chi connectivity index (χ3n) is 4.85. The van der Waals surface area contributed by atoms with Crippen molar-refractivity contribution in [2.45, 2.75) is 51.3 Å². The van der Waals surface area contributed by atoms with E-state index in [4.69, 9.17) is 10.5 Å². The molecule has 1 aromatic carbocycles. The van der Waals surface area contributed by atoms with E-state index in [2.05, 4.69) is 36.9 Å². The van der Waals surface area contributed by atoms with Crippen molar-refractivity contribution in [1.29, 1.82) is 0 Å². The predicted octanol–water partition coefficient (Wildman–Crippen LogP) is 2.04. The summed E-state index contributed by atoms with van der Waals surface area (Å²) in [5.74, 6) is 0. The minimum Gasteiger partial charge on any atom is -0.374 e. The molecule has 0 amide bonds. The summed E-state index contributed by atoms with van der Waals surface area (Å²) in [4.78, 5) is 2.57. The summed E-state index contributed by atoms with van der Waals surface area (Å²) in [7, 11) is 0. The molecule has 0 spiro atoms. The third kappa shape index (κ3) is 2.90. The van der Waals surface area contributed by atoms with E-state index >= 15 is 0 Å². The highest BCUT2D eigenvalue weighted by molar-refractivity contribution is 5.31. The van der Waals surface area contributed by atoms with Crippen molar-refractivity contribution in [2.75, 3.05) is 19.7 Å².